The molecule has 0 aliphatic heterocycles. The second-order valence-electron chi connectivity index (χ2n) is 3.81. The predicted molar refractivity (Wildman–Crippen MR) is 56.0 cm³/mol. The lowest BCUT2D eigenvalue weighted by atomic mass is 10.1. The highest BCUT2D eigenvalue weighted by Crippen LogP contribution is 2.35. The molecule has 14 heavy (non-hydrogen) atoms. The van der Waals surface area contributed by atoms with Crippen LogP contribution in [0, 0.1) is 5.92 Å². The zero-order valence-corrected chi connectivity index (χ0v) is 8.43. The zero-order chi connectivity index (χ0) is 9.97. The quantitative estimate of drug-likeness (QED) is 0.761. The summed E-state index contributed by atoms with van der Waals surface area (Å²) in [6.07, 6.45) is 7.78. The fourth-order valence-corrected chi connectivity index (χ4v) is 1.79. The Morgan fingerprint density at radius 1 is 1.57 bits per heavy atom. The summed E-state index contributed by atoms with van der Waals surface area (Å²) in [6, 6.07) is 0.423. The molecule has 0 radical (unpaired) electrons. The summed E-state index contributed by atoms with van der Waals surface area (Å²) >= 11 is 0. The average Bonchev–Trinajstić information content (AvgIpc) is 3.04. The topological polar surface area (TPSA) is 55.0 Å². The minimum absolute atomic E-state index is 0.423. The van der Waals surface area contributed by atoms with Gasteiger partial charge in [-0.3, -0.25) is 4.98 Å². The van der Waals surface area contributed by atoms with Crippen molar-refractivity contribution in [2.45, 2.75) is 18.9 Å². The molecule has 1 fully saturated rings. The third-order valence-electron chi connectivity index (χ3n) is 2.82. The van der Waals surface area contributed by atoms with Crippen LogP contribution < -0.4 is 10.6 Å². The third kappa shape index (κ3) is 1.85. The van der Waals surface area contributed by atoms with Crippen molar-refractivity contribution in [1.82, 2.24) is 9.97 Å². The molecule has 1 aliphatic rings. The first-order chi connectivity index (χ1) is 6.83. The van der Waals surface area contributed by atoms with Gasteiger partial charge >= 0.3 is 0 Å². The summed E-state index contributed by atoms with van der Waals surface area (Å²) in [5.74, 6) is 1.67. The van der Waals surface area contributed by atoms with E-state index in [1.54, 1.807) is 18.6 Å². The molecule has 0 bridgehead atoms. The van der Waals surface area contributed by atoms with Gasteiger partial charge in [-0.1, -0.05) is 0 Å². The standard InChI is InChI=1S/C10H16N4/c1-14(9(6-11)8-2-3-8)10-7-12-4-5-13-10/h4-5,7-9H,2-3,6,11H2,1H3. The van der Waals surface area contributed by atoms with Crippen LogP contribution in [0.4, 0.5) is 5.82 Å². The third-order valence-corrected chi connectivity index (χ3v) is 2.82. The van der Waals surface area contributed by atoms with Crippen LogP contribution in [-0.2, 0) is 0 Å². The molecular weight excluding hydrogens is 176 g/mol. The molecule has 1 aliphatic carbocycles. The summed E-state index contributed by atoms with van der Waals surface area (Å²) in [5, 5.41) is 0. The maximum atomic E-state index is 5.76. The molecule has 1 unspecified atom stereocenters. The number of anilines is 1. The number of nitrogens with two attached hydrogens (primary N) is 1. The van der Waals surface area contributed by atoms with Crippen molar-refractivity contribution >= 4 is 5.82 Å². The van der Waals surface area contributed by atoms with Gasteiger partial charge in [0.2, 0.25) is 0 Å². The van der Waals surface area contributed by atoms with Crippen molar-refractivity contribution in [3.05, 3.63) is 18.6 Å². The van der Waals surface area contributed by atoms with Gasteiger partial charge in [0.05, 0.1) is 6.20 Å². The Labute approximate surface area is 84.2 Å². The van der Waals surface area contributed by atoms with Crippen molar-refractivity contribution < 1.29 is 0 Å². The summed E-state index contributed by atoms with van der Waals surface area (Å²) in [4.78, 5) is 10.5. The van der Waals surface area contributed by atoms with E-state index in [1.807, 2.05) is 7.05 Å². The molecule has 4 heteroatoms. The minimum Gasteiger partial charge on any atom is -0.354 e. The number of hydrogen-bond donors (Lipinski definition) is 1. The highest BCUT2D eigenvalue weighted by Gasteiger charge is 2.33. The molecule has 1 aromatic rings. The van der Waals surface area contributed by atoms with Gasteiger partial charge in [0.15, 0.2) is 0 Å². The Morgan fingerprint density at radius 3 is 2.86 bits per heavy atom. The van der Waals surface area contributed by atoms with Crippen LogP contribution in [0.3, 0.4) is 0 Å². The first-order valence-corrected chi connectivity index (χ1v) is 5.02. The van der Waals surface area contributed by atoms with E-state index in [0.29, 0.717) is 12.6 Å². The first-order valence-electron chi connectivity index (χ1n) is 5.02. The van der Waals surface area contributed by atoms with Crippen molar-refractivity contribution in [1.29, 1.82) is 0 Å². The van der Waals surface area contributed by atoms with Gasteiger partial charge < -0.3 is 10.6 Å². The lowest BCUT2D eigenvalue weighted by Crippen LogP contribution is -2.40. The molecule has 2 N–H and O–H groups in total. The largest absolute Gasteiger partial charge is 0.354 e. The van der Waals surface area contributed by atoms with Crippen LogP contribution >= 0.6 is 0 Å². The Kier molecular flexibility index (Phi) is 2.63. The Morgan fingerprint density at radius 2 is 2.36 bits per heavy atom. The smallest absolute Gasteiger partial charge is 0.147 e. The number of aromatic nitrogens is 2. The molecule has 1 heterocycles. The first kappa shape index (κ1) is 9.40. The Balaban J connectivity index is 2.09. The van der Waals surface area contributed by atoms with Crippen molar-refractivity contribution in [3.63, 3.8) is 0 Å². The summed E-state index contributed by atoms with van der Waals surface area (Å²) in [7, 11) is 2.04. The number of hydrogen-bond acceptors (Lipinski definition) is 4. The Bertz CT molecular complexity index is 283. The molecule has 4 nitrogen and oxygen atoms in total. The van der Waals surface area contributed by atoms with E-state index < -0.39 is 0 Å². The molecule has 0 amide bonds. The van der Waals surface area contributed by atoms with Crippen LogP contribution in [0.15, 0.2) is 18.6 Å². The monoisotopic (exact) mass is 192 g/mol. The van der Waals surface area contributed by atoms with Gasteiger partial charge in [-0.05, 0) is 18.8 Å². The van der Waals surface area contributed by atoms with Crippen LogP contribution in [0.5, 0.6) is 0 Å². The van der Waals surface area contributed by atoms with Gasteiger partial charge in [0.25, 0.3) is 0 Å². The maximum Gasteiger partial charge on any atom is 0.147 e. The van der Waals surface area contributed by atoms with Crippen molar-refractivity contribution in [2.24, 2.45) is 11.7 Å². The van der Waals surface area contributed by atoms with Crippen molar-refractivity contribution in [3.8, 4) is 0 Å². The highest BCUT2D eigenvalue weighted by atomic mass is 15.2. The summed E-state index contributed by atoms with van der Waals surface area (Å²) in [5.41, 5.74) is 5.76. The van der Waals surface area contributed by atoms with Crippen molar-refractivity contribution in [2.75, 3.05) is 18.5 Å². The molecule has 1 saturated carbocycles. The van der Waals surface area contributed by atoms with E-state index in [-0.39, 0.29) is 0 Å². The van der Waals surface area contributed by atoms with Gasteiger partial charge in [-0.15, -0.1) is 0 Å². The SMILES string of the molecule is CN(c1cnccn1)C(CN)C1CC1. The van der Waals surface area contributed by atoms with E-state index in [4.69, 9.17) is 5.73 Å². The van der Waals surface area contributed by atoms with E-state index >= 15 is 0 Å². The van der Waals surface area contributed by atoms with Gasteiger partial charge in [0.1, 0.15) is 5.82 Å². The van der Waals surface area contributed by atoms with Crippen LogP contribution in [-0.4, -0.2) is 29.6 Å². The van der Waals surface area contributed by atoms with Gasteiger partial charge in [-0.2, -0.15) is 0 Å². The summed E-state index contributed by atoms with van der Waals surface area (Å²) < 4.78 is 0. The molecule has 1 atom stereocenters. The fourth-order valence-electron chi connectivity index (χ4n) is 1.79. The van der Waals surface area contributed by atoms with E-state index in [9.17, 15) is 0 Å². The zero-order valence-electron chi connectivity index (χ0n) is 8.43. The predicted octanol–water partition coefficient (Wildman–Crippen LogP) is 0.650. The molecule has 0 spiro atoms. The number of likely N-dealkylation sites (N-methyl/N-ethyl adjacent to an activating group) is 1. The van der Waals surface area contributed by atoms with Gasteiger partial charge in [0, 0.05) is 32.0 Å². The molecule has 0 saturated heterocycles. The molecule has 76 valence electrons. The fraction of sp³-hybridized carbons (Fsp3) is 0.600. The second kappa shape index (κ2) is 3.92. The Hall–Kier alpha value is -1.16. The van der Waals surface area contributed by atoms with Crippen LogP contribution in [0.25, 0.3) is 0 Å². The van der Waals surface area contributed by atoms with E-state index in [2.05, 4.69) is 14.9 Å². The normalized spacial score (nSPS) is 17.9. The van der Waals surface area contributed by atoms with E-state index in [1.165, 1.54) is 12.8 Å². The minimum atomic E-state index is 0.423. The molecule has 2 rings (SSSR count). The maximum absolute atomic E-state index is 5.76. The number of rotatable bonds is 4. The van der Waals surface area contributed by atoms with Crippen LogP contribution in [0.1, 0.15) is 12.8 Å². The van der Waals surface area contributed by atoms with E-state index in [0.717, 1.165) is 11.7 Å². The average molecular weight is 192 g/mol. The van der Waals surface area contributed by atoms with Gasteiger partial charge in [-0.25, -0.2) is 4.98 Å². The van der Waals surface area contributed by atoms with Crippen LogP contribution in [0.2, 0.25) is 0 Å². The second-order valence-corrected chi connectivity index (χ2v) is 3.81. The highest BCUT2D eigenvalue weighted by molar-refractivity contribution is 5.36. The lowest BCUT2D eigenvalue weighted by Gasteiger charge is -2.27. The molecule has 1 aromatic heterocycles. The number of nitrogens with zero attached hydrogens (tertiary/aromatic N) is 3. The lowest BCUT2D eigenvalue weighted by molar-refractivity contribution is 0.565. The molecule has 0 aromatic carbocycles. The molecular formula is C10H16N4. The summed E-state index contributed by atoms with van der Waals surface area (Å²) in [6.45, 7) is 0.692.